The molecule has 0 radical (unpaired) electrons. The quantitative estimate of drug-likeness (QED) is 0.388. The van der Waals surface area contributed by atoms with E-state index in [-0.39, 0.29) is 11.5 Å². The van der Waals surface area contributed by atoms with Gasteiger partial charge in [-0.2, -0.15) is 0 Å². The van der Waals surface area contributed by atoms with Crippen LogP contribution in [0.4, 0.5) is 21.6 Å². The molecule has 3 N–H and O–H groups in total. The van der Waals surface area contributed by atoms with Gasteiger partial charge in [-0.1, -0.05) is 12.1 Å². The molecule has 2 aliphatic rings. The standard InChI is InChI=1S/C23H22FN5O5/c1-13-20(30)21(31)23(34-13)28-11-18(14-3-2-4-17(9-14)29(32)33)19-10-27(12-25-22(19)28)26-16-7-5-15(24)6-8-16/h2-9,11-13,20-21,23,26,30-31H,10H2,1H3/t13-,20-,21-,23-/m1/s1. The van der Waals surface area contributed by atoms with Gasteiger partial charge in [0.25, 0.3) is 5.69 Å². The lowest BCUT2D eigenvalue weighted by Gasteiger charge is -2.26. The molecular formula is C23H22FN5O5. The van der Waals surface area contributed by atoms with E-state index in [0.29, 0.717) is 29.2 Å². The molecule has 0 saturated carbocycles. The first-order chi connectivity index (χ1) is 16.3. The lowest BCUT2D eigenvalue weighted by molar-refractivity contribution is -0.384. The molecule has 0 spiro atoms. The number of hydrazine groups is 1. The van der Waals surface area contributed by atoms with Crippen LogP contribution in [-0.2, 0) is 11.3 Å². The van der Waals surface area contributed by atoms with E-state index < -0.39 is 29.5 Å². The summed E-state index contributed by atoms with van der Waals surface area (Å²) in [5.41, 5.74) is 5.75. The number of aliphatic hydroxyl groups excluding tert-OH is 2. The van der Waals surface area contributed by atoms with Gasteiger partial charge >= 0.3 is 0 Å². The van der Waals surface area contributed by atoms with Crippen LogP contribution in [0.15, 0.2) is 59.7 Å². The Morgan fingerprint density at radius 2 is 1.97 bits per heavy atom. The summed E-state index contributed by atoms with van der Waals surface area (Å²) in [5, 5.41) is 33.8. The Kier molecular flexibility index (Phi) is 5.52. The topological polar surface area (TPSA) is 125 Å². The normalized spacial score (nSPS) is 23.7. The SMILES string of the molecule is C[C@H]1O[C@@H](n2cc(-c3cccc([N+](=O)[O-])c3)c3c2N=CN(Nc2ccc(F)cc2)C3)[C@H](O)[C@@H]1O. The number of nitro groups is 1. The number of fused-ring (bicyclic) bond motifs is 1. The highest BCUT2D eigenvalue weighted by atomic mass is 19.1. The molecule has 2 aromatic carbocycles. The molecule has 34 heavy (non-hydrogen) atoms. The number of ether oxygens (including phenoxy) is 1. The molecule has 3 heterocycles. The number of rotatable bonds is 5. The zero-order valence-corrected chi connectivity index (χ0v) is 18.1. The maximum atomic E-state index is 13.3. The number of benzene rings is 2. The summed E-state index contributed by atoms with van der Waals surface area (Å²) in [5.74, 6) is 0.153. The van der Waals surface area contributed by atoms with Gasteiger partial charge in [0.2, 0.25) is 0 Å². The number of aromatic nitrogens is 1. The summed E-state index contributed by atoms with van der Waals surface area (Å²) >= 11 is 0. The van der Waals surface area contributed by atoms with Crippen LogP contribution in [0.25, 0.3) is 11.1 Å². The van der Waals surface area contributed by atoms with E-state index in [1.54, 1.807) is 53.3 Å². The molecule has 1 aromatic heterocycles. The van der Waals surface area contributed by atoms with Crippen molar-refractivity contribution in [2.75, 3.05) is 5.43 Å². The Labute approximate surface area is 193 Å². The highest BCUT2D eigenvalue weighted by molar-refractivity contribution is 5.78. The van der Waals surface area contributed by atoms with Crippen LogP contribution in [0.1, 0.15) is 18.7 Å². The number of hydrogen-bond acceptors (Lipinski definition) is 8. The summed E-state index contributed by atoms with van der Waals surface area (Å²) < 4.78 is 20.7. The highest BCUT2D eigenvalue weighted by Gasteiger charge is 2.43. The Morgan fingerprint density at radius 1 is 1.21 bits per heavy atom. The summed E-state index contributed by atoms with van der Waals surface area (Å²) in [6.07, 6.45) is -0.408. The Morgan fingerprint density at radius 3 is 2.65 bits per heavy atom. The summed E-state index contributed by atoms with van der Waals surface area (Å²) in [7, 11) is 0. The molecule has 1 saturated heterocycles. The van der Waals surface area contributed by atoms with Crippen molar-refractivity contribution >= 4 is 23.5 Å². The first-order valence-electron chi connectivity index (χ1n) is 10.6. The van der Waals surface area contributed by atoms with Gasteiger partial charge in [0.15, 0.2) is 6.23 Å². The minimum Gasteiger partial charge on any atom is -0.388 e. The number of nitrogens with zero attached hydrogens (tertiary/aromatic N) is 4. The Bertz CT molecular complexity index is 1260. The summed E-state index contributed by atoms with van der Waals surface area (Å²) in [4.78, 5) is 15.4. The minimum atomic E-state index is -1.17. The van der Waals surface area contributed by atoms with Gasteiger partial charge in [-0.25, -0.2) is 9.38 Å². The van der Waals surface area contributed by atoms with Crippen LogP contribution in [0.5, 0.6) is 0 Å². The average molecular weight is 467 g/mol. The Hall–Kier alpha value is -3.80. The van der Waals surface area contributed by atoms with Crippen LogP contribution >= 0.6 is 0 Å². The average Bonchev–Trinajstić information content (AvgIpc) is 3.33. The third-order valence-electron chi connectivity index (χ3n) is 5.99. The van der Waals surface area contributed by atoms with Gasteiger partial charge in [-0.3, -0.25) is 20.5 Å². The molecule has 1 fully saturated rings. The van der Waals surface area contributed by atoms with E-state index in [2.05, 4.69) is 10.4 Å². The first kappa shape index (κ1) is 22.0. The summed E-state index contributed by atoms with van der Waals surface area (Å²) in [6.45, 7) is 1.99. The number of nitro benzene ring substituents is 1. The monoisotopic (exact) mass is 467 g/mol. The summed E-state index contributed by atoms with van der Waals surface area (Å²) in [6, 6.07) is 12.1. The molecular weight excluding hydrogens is 445 g/mol. The molecule has 4 atom stereocenters. The highest BCUT2D eigenvalue weighted by Crippen LogP contribution is 2.42. The number of aliphatic imine (C=N–C) groups is 1. The maximum absolute atomic E-state index is 13.3. The van der Waals surface area contributed by atoms with Crippen LogP contribution < -0.4 is 5.43 Å². The molecule has 0 aliphatic carbocycles. The predicted octanol–water partition coefficient (Wildman–Crippen LogP) is 3.34. The third kappa shape index (κ3) is 3.89. The second-order valence-electron chi connectivity index (χ2n) is 8.26. The van der Waals surface area contributed by atoms with E-state index in [1.165, 1.54) is 24.3 Å². The molecule has 10 nitrogen and oxygen atoms in total. The molecule has 0 amide bonds. The molecule has 176 valence electrons. The Balaban J connectivity index is 1.55. The number of nitrogens with one attached hydrogen (secondary N) is 1. The lowest BCUT2D eigenvalue weighted by Crippen LogP contribution is -2.31. The van der Waals surface area contributed by atoms with Gasteiger partial charge in [-0.05, 0) is 36.8 Å². The van der Waals surface area contributed by atoms with Crippen molar-refractivity contribution in [3.8, 4) is 11.1 Å². The van der Waals surface area contributed by atoms with Crippen molar-refractivity contribution in [3.05, 3.63) is 76.2 Å². The molecule has 11 heteroatoms. The van der Waals surface area contributed by atoms with Crippen molar-refractivity contribution in [2.24, 2.45) is 4.99 Å². The van der Waals surface area contributed by atoms with Gasteiger partial charge in [0.05, 0.1) is 23.3 Å². The van der Waals surface area contributed by atoms with E-state index in [4.69, 9.17) is 4.74 Å². The van der Waals surface area contributed by atoms with Crippen LogP contribution in [-0.4, -0.2) is 49.4 Å². The zero-order valence-electron chi connectivity index (χ0n) is 18.1. The number of hydrogen-bond donors (Lipinski definition) is 3. The van der Waals surface area contributed by atoms with Gasteiger partial charge in [0, 0.05) is 29.5 Å². The largest absolute Gasteiger partial charge is 0.388 e. The molecule has 0 bridgehead atoms. The van der Waals surface area contributed by atoms with Crippen molar-refractivity contribution in [1.29, 1.82) is 0 Å². The zero-order chi connectivity index (χ0) is 24.0. The van der Waals surface area contributed by atoms with Crippen molar-refractivity contribution in [2.45, 2.75) is 38.0 Å². The fraction of sp³-hybridized carbons (Fsp3) is 0.261. The number of halogens is 1. The number of anilines is 1. The van der Waals surface area contributed by atoms with E-state index in [9.17, 15) is 24.7 Å². The predicted molar refractivity (Wildman–Crippen MR) is 122 cm³/mol. The van der Waals surface area contributed by atoms with E-state index in [1.807, 2.05) is 0 Å². The number of non-ortho nitro benzene ring substituents is 1. The van der Waals surface area contributed by atoms with Crippen molar-refractivity contribution < 1.29 is 24.3 Å². The number of aliphatic hydroxyl groups is 2. The fourth-order valence-electron chi connectivity index (χ4n) is 4.24. The first-order valence-corrected chi connectivity index (χ1v) is 10.6. The van der Waals surface area contributed by atoms with Gasteiger partial charge in [-0.15, -0.1) is 0 Å². The maximum Gasteiger partial charge on any atom is 0.270 e. The van der Waals surface area contributed by atoms with Crippen LogP contribution in [0, 0.1) is 15.9 Å². The molecule has 0 unspecified atom stereocenters. The van der Waals surface area contributed by atoms with Gasteiger partial charge in [0.1, 0.15) is 30.2 Å². The van der Waals surface area contributed by atoms with Crippen LogP contribution in [0.2, 0.25) is 0 Å². The van der Waals surface area contributed by atoms with Crippen molar-refractivity contribution in [1.82, 2.24) is 9.58 Å². The van der Waals surface area contributed by atoms with E-state index in [0.717, 1.165) is 5.56 Å². The molecule has 5 rings (SSSR count). The van der Waals surface area contributed by atoms with Crippen molar-refractivity contribution in [3.63, 3.8) is 0 Å². The fourth-order valence-corrected chi connectivity index (χ4v) is 4.24. The molecule has 2 aliphatic heterocycles. The second kappa shape index (κ2) is 8.52. The minimum absolute atomic E-state index is 0.0548. The third-order valence-corrected chi connectivity index (χ3v) is 5.99. The van der Waals surface area contributed by atoms with E-state index >= 15 is 0 Å². The smallest absolute Gasteiger partial charge is 0.270 e. The van der Waals surface area contributed by atoms with Gasteiger partial charge < -0.3 is 19.5 Å². The second-order valence-corrected chi connectivity index (χ2v) is 8.26. The van der Waals surface area contributed by atoms with Crippen LogP contribution in [0.3, 0.4) is 0 Å². The molecule has 3 aromatic rings. The lowest BCUT2D eigenvalue weighted by atomic mass is 10.0.